The van der Waals surface area contributed by atoms with Gasteiger partial charge in [-0.05, 0) is 24.6 Å². The molecule has 1 aromatic carbocycles. The maximum absolute atomic E-state index is 6.16. The molecule has 1 aromatic heterocycles. The zero-order valence-corrected chi connectivity index (χ0v) is 9.21. The number of aryl methyl sites for hydroxylation is 1. The molecule has 0 aliphatic rings. The van der Waals surface area contributed by atoms with E-state index in [1.807, 2.05) is 13.0 Å². The zero-order valence-electron chi connectivity index (χ0n) is 8.45. The monoisotopic (exact) mass is 223 g/mol. The van der Waals surface area contributed by atoms with Gasteiger partial charge in [-0.1, -0.05) is 16.8 Å². The second kappa shape index (κ2) is 3.95. The molecular weight excluding hydrogens is 214 g/mol. The van der Waals surface area contributed by atoms with E-state index in [4.69, 9.17) is 20.9 Å². The molecule has 0 N–H and O–H groups in total. The lowest BCUT2D eigenvalue weighted by Gasteiger charge is -2.08. The number of halogens is 1. The van der Waals surface area contributed by atoms with Gasteiger partial charge in [0.2, 0.25) is 0 Å². The molecule has 0 aliphatic heterocycles. The first kappa shape index (κ1) is 10.1. The topological polar surface area (TPSA) is 35.3 Å². The van der Waals surface area contributed by atoms with Gasteiger partial charge >= 0.3 is 0 Å². The predicted octanol–water partition coefficient (Wildman–Crippen LogP) is 3.31. The number of ether oxygens (including phenoxy) is 1. The first-order valence-corrected chi connectivity index (χ1v) is 4.84. The number of nitrogens with zero attached hydrogens (tertiary/aromatic N) is 1. The minimum Gasteiger partial charge on any atom is -0.497 e. The summed E-state index contributed by atoms with van der Waals surface area (Å²) in [6, 6.07) is 3.70. The van der Waals surface area contributed by atoms with Crippen LogP contribution in [0.5, 0.6) is 5.75 Å². The van der Waals surface area contributed by atoms with E-state index in [1.165, 1.54) is 0 Å². The lowest BCUT2D eigenvalue weighted by Crippen LogP contribution is -1.88. The third-order valence-electron chi connectivity index (χ3n) is 2.22. The van der Waals surface area contributed by atoms with Crippen molar-refractivity contribution < 1.29 is 9.26 Å². The number of benzene rings is 1. The second-order valence-electron chi connectivity index (χ2n) is 3.21. The summed E-state index contributed by atoms with van der Waals surface area (Å²) >= 11 is 6.16. The van der Waals surface area contributed by atoms with Crippen molar-refractivity contribution in [3.63, 3.8) is 0 Å². The smallest absolute Gasteiger partial charge is 0.131 e. The molecule has 0 spiro atoms. The van der Waals surface area contributed by atoms with Crippen molar-refractivity contribution in [2.45, 2.75) is 6.92 Å². The molecule has 0 radical (unpaired) electrons. The molecule has 4 heteroatoms. The maximum atomic E-state index is 6.16. The van der Waals surface area contributed by atoms with Crippen LogP contribution in [0.3, 0.4) is 0 Å². The molecule has 78 valence electrons. The molecule has 0 fully saturated rings. The molecule has 0 atom stereocenters. The Bertz CT molecular complexity index is 442. The van der Waals surface area contributed by atoms with E-state index in [0.717, 1.165) is 22.4 Å². The Morgan fingerprint density at radius 1 is 1.40 bits per heavy atom. The van der Waals surface area contributed by atoms with Crippen molar-refractivity contribution in [3.05, 3.63) is 35.2 Å². The molecule has 15 heavy (non-hydrogen) atoms. The van der Waals surface area contributed by atoms with Crippen LogP contribution in [0.4, 0.5) is 0 Å². The molecular formula is C11H10ClNO2. The largest absolute Gasteiger partial charge is 0.497 e. The Morgan fingerprint density at radius 2 is 2.20 bits per heavy atom. The van der Waals surface area contributed by atoms with Gasteiger partial charge in [-0.25, -0.2) is 0 Å². The number of aromatic nitrogens is 1. The van der Waals surface area contributed by atoms with Crippen LogP contribution in [-0.2, 0) is 0 Å². The summed E-state index contributed by atoms with van der Waals surface area (Å²) in [5.41, 5.74) is 2.83. The predicted molar refractivity (Wildman–Crippen MR) is 58.2 cm³/mol. The van der Waals surface area contributed by atoms with Gasteiger partial charge < -0.3 is 9.26 Å². The van der Waals surface area contributed by atoms with Crippen molar-refractivity contribution in [2.24, 2.45) is 0 Å². The summed E-state index contributed by atoms with van der Waals surface area (Å²) in [6.07, 6.45) is 3.21. The lowest BCUT2D eigenvalue weighted by molar-refractivity contribution is 0.414. The molecule has 0 aliphatic carbocycles. The molecule has 2 rings (SSSR count). The first-order chi connectivity index (χ1) is 7.22. The van der Waals surface area contributed by atoms with Crippen LogP contribution < -0.4 is 4.74 Å². The van der Waals surface area contributed by atoms with Crippen LogP contribution in [0.1, 0.15) is 5.56 Å². The lowest BCUT2D eigenvalue weighted by atomic mass is 10.0. The van der Waals surface area contributed by atoms with E-state index in [9.17, 15) is 0 Å². The van der Waals surface area contributed by atoms with Gasteiger partial charge in [0.15, 0.2) is 0 Å². The van der Waals surface area contributed by atoms with Gasteiger partial charge in [-0.3, -0.25) is 0 Å². The quantitative estimate of drug-likeness (QED) is 0.784. The Labute approximate surface area is 92.6 Å². The van der Waals surface area contributed by atoms with Gasteiger partial charge in [0.1, 0.15) is 12.0 Å². The van der Waals surface area contributed by atoms with Crippen molar-refractivity contribution in [1.82, 2.24) is 5.16 Å². The maximum Gasteiger partial charge on any atom is 0.131 e. The fourth-order valence-corrected chi connectivity index (χ4v) is 1.89. The first-order valence-electron chi connectivity index (χ1n) is 4.46. The van der Waals surface area contributed by atoms with Crippen LogP contribution in [0.25, 0.3) is 11.1 Å². The highest BCUT2D eigenvalue weighted by molar-refractivity contribution is 6.33. The highest BCUT2D eigenvalue weighted by Crippen LogP contribution is 2.34. The Morgan fingerprint density at radius 3 is 2.73 bits per heavy atom. The van der Waals surface area contributed by atoms with E-state index >= 15 is 0 Å². The number of methoxy groups -OCH3 is 1. The fraction of sp³-hybridized carbons (Fsp3) is 0.182. The molecule has 0 bridgehead atoms. The molecule has 0 saturated carbocycles. The van der Waals surface area contributed by atoms with E-state index < -0.39 is 0 Å². The Hall–Kier alpha value is -1.48. The molecule has 3 nitrogen and oxygen atoms in total. The summed E-state index contributed by atoms with van der Waals surface area (Å²) in [5.74, 6) is 0.748. The van der Waals surface area contributed by atoms with Gasteiger partial charge in [0, 0.05) is 11.1 Å². The zero-order chi connectivity index (χ0) is 10.8. The summed E-state index contributed by atoms with van der Waals surface area (Å²) < 4.78 is 9.92. The van der Waals surface area contributed by atoms with Crippen molar-refractivity contribution in [3.8, 4) is 16.9 Å². The highest BCUT2D eigenvalue weighted by Gasteiger charge is 2.10. The Balaban J connectivity index is 2.58. The normalized spacial score (nSPS) is 10.3. The molecule has 1 heterocycles. The summed E-state index contributed by atoms with van der Waals surface area (Å²) in [7, 11) is 1.62. The van der Waals surface area contributed by atoms with Crippen LogP contribution in [-0.4, -0.2) is 12.3 Å². The molecule has 0 saturated heterocycles. The average molecular weight is 224 g/mol. The van der Waals surface area contributed by atoms with Crippen LogP contribution >= 0.6 is 11.6 Å². The summed E-state index contributed by atoms with van der Waals surface area (Å²) in [5, 5.41) is 4.29. The number of hydrogen-bond acceptors (Lipinski definition) is 3. The van der Waals surface area contributed by atoms with Crippen LogP contribution in [0.15, 0.2) is 29.1 Å². The van der Waals surface area contributed by atoms with E-state index in [1.54, 1.807) is 25.6 Å². The molecule has 0 unspecified atom stereocenters. The van der Waals surface area contributed by atoms with E-state index in [0.29, 0.717) is 5.02 Å². The minimum absolute atomic E-state index is 0.634. The number of rotatable bonds is 2. The standard InChI is InChI=1S/C11H10ClNO2/c1-7-3-9(14-2)4-10(12)11(7)8-5-13-15-6-8/h3-6H,1-2H3. The molecule has 2 aromatic rings. The van der Waals surface area contributed by atoms with Gasteiger partial charge in [-0.2, -0.15) is 0 Å². The van der Waals surface area contributed by atoms with Crippen LogP contribution in [0.2, 0.25) is 5.02 Å². The molecule has 0 amide bonds. The van der Waals surface area contributed by atoms with E-state index in [2.05, 4.69) is 5.16 Å². The van der Waals surface area contributed by atoms with Crippen molar-refractivity contribution in [2.75, 3.05) is 7.11 Å². The number of hydrogen-bond donors (Lipinski definition) is 0. The second-order valence-corrected chi connectivity index (χ2v) is 3.62. The van der Waals surface area contributed by atoms with Crippen molar-refractivity contribution >= 4 is 11.6 Å². The third kappa shape index (κ3) is 1.83. The summed E-state index contributed by atoms with van der Waals surface area (Å²) in [6.45, 7) is 1.97. The van der Waals surface area contributed by atoms with Crippen LogP contribution in [0, 0.1) is 6.92 Å². The third-order valence-corrected chi connectivity index (χ3v) is 2.52. The van der Waals surface area contributed by atoms with Gasteiger partial charge in [0.25, 0.3) is 0 Å². The SMILES string of the molecule is COc1cc(C)c(-c2cnoc2)c(Cl)c1. The Kier molecular flexibility index (Phi) is 2.64. The van der Waals surface area contributed by atoms with Gasteiger partial charge in [-0.15, -0.1) is 0 Å². The van der Waals surface area contributed by atoms with Gasteiger partial charge in [0.05, 0.1) is 18.3 Å². The fourth-order valence-electron chi connectivity index (χ4n) is 1.52. The average Bonchev–Trinajstić information content (AvgIpc) is 2.69. The van der Waals surface area contributed by atoms with Crippen molar-refractivity contribution in [1.29, 1.82) is 0 Å². The summed E-state index contributed by atoms with van der Waals surface area (Å²) in [4.78, 5) is 0. The van der Waals surface area contributed by atoms with E-state index in [-0.39, 0.29) is 0 Å². The minimum atomic E-state index is 0.634. The highest BCUT2D eigenvalue weighted by atomic mass is 35.5.